The van der Waals surface area contributed by atoms with Gasteiger partial charge in [0, 0.05) is 38.4 Å². The molecule has 0 N–H and O–H groups in total. The van der Waals surface area contributed by atoms with Crippen LogP contribution in [0, 0.1) is 0 Å². The van der Waals surface area contributed by atoms with Gasteiger partial charge >= 0.3 is 0 Å². The number of fused-ring (bicyclic) bond motifs is 6. The molecule has 0 aliphatic carbocycles. The van der Waals surface area contributed by atoms with E-state index in [9.17, 15) is 0 Å². The number of hydrogen-bond donors (Lipinski definition) is 0. The maximum absolute atomic E-state index is 8.73. The molecule has 8 aromatic carbocycles. The molecule has 56 heavy (non-hydrogen) atoms. The molecule has 3 heterocycles. The van der Waals surface area contributed by atoms with Crippen molar-refractivity contribution in [3.8, 4) is 56.7 Å². The first-order valence-electron chi connectivity index (χ1n) is 21.0. The number of hydrogen-bond acceptors (Lipinski definition) is 3. The highest BCUT2D eigenvalue weighted by molar-refractivity contribution is 6.11. The van der Waals surface area contributed by atoms with E-state index in [1.165, 1.54) is 0 Å². The largest absolute Gasteiger partial charge is 0.309 e. The van der Waals surface area contributed by atoms with Gasteiger partial charge < -0.3 is 4.57 Å². The van der Waals surface area contributed by atoms with Crippen LogP contribution in [-0.4, -0.2) is 24.1 Å². The maximum atomic E-state index is 8.73. The van der Waals surface area contributed by atoms with Gasteiger partial charge in [-0.25, -0.2) is 4.98 Å². The molecule has 0 saturated carbocycles. The van der Waals surface area contributed by atoms with E-state index in [4.69, 9.17) is 21.8 Å². The van der Waals surface area contributed by atoms with Crippen molar-refractivity contribution in [1.82, 2.24) is 24.1 Å². The zero-order valence-electron chi connectivity index (χ0n) is 34.9. The molecule has 0 atom stereocenters. The summed E-state index contributed by atoms with van der Waals surface area (Å²) in [6.45, 7) is 0. The summed E-state index contributed by atoms with van der Waals surface area (Å²) in [6.07, 6.45) is 0. The van der Waals surface area contributed by atoms with Crippen LogP contribution in [0.1, 0.15) is 6.85 Å². The zero-order valence-corrected chi connectivity index (χ0v) is 29.9. The van der Waals surface area contributed by atoms with Crippen molar-refractivity contribution in [3.63, 3.8) is 0 Å². The minimum Gasteiger partial charge on any atom is -0.309 e. The van der Waals surface area contributed by atoms with Crippen LogP contribution < -0.4 is 0 Å². The minimum atomic E-state index is -0.410. The smallest absolute Gasteiger partial charge is 0.238 e. The highest BCUT2D eigenvalue weighted by Gasteiger charge is 2.19. The molecule has 0 saturated heterocycles. The summed E-state index contributed by atoms with van der Waals surface area (Å²) in [5.74, 6) is 1.75. The normalized spacial score (nSPS) is 12.8. The predicted octanol–water partition coefficient (Wildman–Crippen LogP) is 12.7. The molecule has 0 aliphatic rings. The van der Waals surface area contributed by atoms with Crippen LogP contribution in [0.4, 0.5) is 0 Å². The third-order valence-electron chi connectivity index (χ3n) is 10.5. The Hall–Kier alpha value is -7.63. The number of para-hydroxylation sites is 3. The highest BCUT2D eigenvalue weighted by Crippen LogP contribution is 2.37. The van der Waals surface area contributed by atoms with Gasteiger partial charge in [0.1, 0.15) is 0 Å². The van der Waals surface area contributed by atoms with Gasteiger partial charge in [-0.05, 0) is 70.7 Å². The molecule has 3 aromatic heterocycles. The minimum absolute atomic E-state index is 0.136. The fourth-order valence-corrected chi connectivity index (χ4v) is 7.87. The summed E-state index contributed by atoms with van der Waals surface area (Å²) in [4.78, 5) is 15.0. The Morgan fingerprint density at radius 1 is 0.339 bits per heavy atom. The molecule has 0 bridgehead atoms. The lowest BCUT2D eigenvalue weighted by Crippen LogP contribution is -2.06. The van der Waals surface area contributed by atoms with Crippen molar-refractivity contribution in [3.05, 3.63) is 200 Å². The van der Waals surface area contributed by atoms with Crippen molar-refractivity contribution in [2.45, 2.75) is 0 Å². The van der Waals surface area contributed by atoms with Crippen LogP contribution in [0.25, 0.3) is 100 Å². The van der Waals surface area contributed by atoms with Crippen molar-refractivity contribution < 1.29 is 6.85 Å². The summed E-state index contributed by atoms with van der Waals surface area (Å²) in [7, 11) is 0. The number of benzene rings is 8. The SMILES string of the molecule is [2H]c1c([2H])c([2H])c(-n2c3ccccc3c3cc(-c4ccc(-c5ccc6c(c5)c5ccccc5n6-c5nc(-c6ccccc6)nc(-c6ccccc6)n5)cc4)ccc32)c([2H])c1[2H]. The first kappa shape index (κ1) is 27.0. The van der Waals surface area contributed by atoms with Gasteiger partial charge in [0.15, 0.2) is 11.6 Å². The van der Waals surface area contributed by atoms with E-state index in [0.29, 0.717) is 17.6 Å². The van der Waals surface area contributed by atoms with Crippen molar-refractivity contribution in [2.75, 3.05) is 0 Å². The summed E-state index contributed by atoms with van der Waals surface area (Å²) in [5.41, 5.74) is 9.65. The average molecular weight is 721 g/mol. The molecule has 0 fully saturated rings. The van der Waals surface area contributed by atoms with Gasteiger partial charge in [0.05, 0.1) is 28.9 Å². The maximum Gasteiger partial charge on any atom is 0.238 e. The Kier molecular flexibility index (Phi) is 6.29. The molecule has 0 spiro atoms. The molecular weight excluding hydrogens is 683 g/mol. The molecule has 262 valence electrons. The van der Waals surface area contributed by atoms with Crippen LogP contribution in [-0.2, 0) is 0 Å². The topological polar surface area (TPSA) is 48.5 Å². The first-order chi connectivity index (χ1) is 29.8. The van der Waals surface area contributed by atoms with Crippen LogP contribution in [0.2, 0.25) is 0 Å². The molecular formula is C51H33N5. The number of rotatable bonds is 6. The predicted molar refractivity (Wildman–Crippen MR) is 230 cm³/mol. The summed E-state index contributed by atoms with van der Waals surface area (Å²) < 4.78 is 46.2. The van der Waals surface area contributed by atoms with E-state index >= 15 is 0 Å². The van der Waals surface area contributed by atoms with Gasteiger partial charge in [0.25, 0.3) is 0 Å². The Morgan fingerprint density at radius 3 is 1.30 bits per heavy atom. The lowest BCUT2D eigenvalue weighted by atomic mass is 9.98. The summed E-state index contributed by atoms with van der Waals surface area (Å²) >= 11 is 0. The van der Waals surface area contributed by atoms with E-state index in [-0.39, 0.29) is 29.9 Å². The monoisotopic (exact) mass is 720 g/mol. The Balaban J connectivity index is 0.997. The van der Waals surface area contributed by atoms with E-state index in [2.05, 4.69) is 71.3 Å². The molecule has 11 aromatic rings. The number of nitrogens with zero attached hydrogens (tertiary/aromatic N) is 5. The second-order valence-electron chi connectivity index (χ2n) is 13.7. The Bertz CT molecular complexity index is 3440. The van der Waals surface area contributed by atoms with Crippen LogP contribution in [0.5, 0.6) is 0 Å². The Morgan fingerprint density at radius 2 is 0.768 bits per heavy atom. The molecule has 0 amide bonds. The van der Waals surface area contributed by atoms with Crippen LogP contribution >= 0.6 is 0 Å². The Labute approximate surface area is 330 Å². The zero-order chi connectivity index (χ0) is 41.4. The van der Waals surface area contributed by atoms with Crippen LogP contribution in [0.15, 0.2) is 200 Å². The van der Waals surface area contributed by atoms with E-state index < -0.39 is 6.04 Å². The van der Waals surface area contributed by atoms with Crippen molar-refractivity contribution >= 4 is 43.6 Å². The van der Waals surface area contributed by atoms with Gasteiger partial charge in [-0.1, -0.05) is 152 Å². The fraction of sp³-hybridized carbons (Fsp3) is 0. The summed E-state index contributed by atoms with van der Waals surface area (Å²) in [5, 5.41) is 4.03. The quantitative estimate of drug-likeness (QED) is 0.172. The first-order valence-corrected chi connectivity index (χ1v) is 18.5. The highest BCUT2D eigenvalue weighted by atomic mass is 15.2. The second-order valence-corrected chi connectivity index (χ2v) is 13.7. The number of aromatic nitrogens is 5. The van der Waals surface area contributed by atoms with Crippen molar-refractivity contribution in [1.29, 1.82) is 0 Å². The molecule has 11 rings (SSSR count). The van der Waals surface area contributed by atoms with Gasteiger partial charge in [-0.3, -0.25) is 4.57 Å². The van der Waals surface area contributed by atoms with E-state index in [1.807, 2.05) is 103 Å². The van der Waals surface area contributed by atoms with Crippen LogP contribution in [0.3, 0.4) is 0 Å². The van der Waals surface area contributed by atoms with Gasteiger partial charge in [-0.15, -0.1) is 0 Å². The van der Waals surface area contributed by atoms with Crippen molar-refractivity contribution in [2.24, 2.45) is 0 Å². The molecule has 5 nitrogen and oxygen atoms in total. The van der Waals surface area contributed by atoms with E-state index in [0.717, 1.165) is 77.0 Å². The summed E-state index contributed by atoms with van der Waals surface area (Å²) in [6, 6.07) is 55.7. The standard InChI is InChI=1S/C51H33N5/c1-4-14-36(15-5-1)49-52-50(37-16-6-2-7-17-37)54-51(53-49)56-46-23-13-11-21-42(46)44-33-39(29-31-48(44)56)35-26-24-34(25-27-35)38-28-30-47-43(32-38)41-20-10-12-22-45(41)55(47)40-18-8-3-9-19-40/h1-33H/i3D,8D,9D,18D,19D. The molecule has 5 heteroatoms. The second kappa shape index (κ2) is 13.0. The molecule has 0 radical (unpaired) electrons. The van der Waals surface area contributed by atoms with Gasteiger partial charge in [0.2, 0.25) is 5.95 Å². The van der Waals surface area contributed by atoms with E-state index in [1.54, 1.807) is 4.57 Å². The average Bonchev–Trinajstić information content (AvgIpc) is 3.83. The lowest BCUT2D eigenvalue weighted by molar-refractivity contribution is 0.953. The molecule has 0 aliphatic heterocycles. The lowest BCUT2D eigenvalue weighted by Gasteiger charge is -2.11. The third kappa shape index (κ3) is 5.29. The fourth-order valence-electron chi connectivity index (χ4n) is 7.87. The molecule has 0 unspecified atom stereocenters. The third-order valence-corrected chi connectivity index (χ3v) is 10.5. The van der Waals surface area contributed by atoms with Gasteiger partial charge in [-0.2, -0.15) is 9.97 Å².